The van der Waals surface area contributed by atoms with Gasteiger partial charge in [-0.3, -0.25) is 4.21 Å². The highest BCUT2D eigenvalue weighted by Crippen LogP contribution is 1.94. The molecule has 0 saturated heterocycles. The topological polar surface area (TPSA) is 64.4 Å². The Balaban J connectivity index is 2.54. The summed E-state index contributed by atoms with van der Waals surface area (Å²) >= 11 is 0. The highest BCUT2D eigenvalue weighted by Gasteiger charge is 2.03. The third-order valence-corrected chi connectivity index (χ3v) is 2.22. The van der Waals surface area contributed by atoms with Gasteiger partial charge in [-0.1, -0.05) is 5.16 Å². The minimum atomic E-state index is -1.24. The Labute approximate surface area is 78.3 Å². The Morgan fingerprint density at radius 2 is 2.31 bits per heavy atom. The molecule has 0 bridgehead atoms. The van der Waals surface area contributed by atoms with Crippen molar-refractivity contribution in [2.24, 2.45) is 5.16 Å². The van der Waals surface area contributed by atoms with Gasteiger partial charge in [-0.15, -0.1) is 0 Å². The molecular formula is C7H9N3O2S. The number of hydrogen-bond donors (Lipinski definition) is 0. The summed E-state index contributed by atoms with van der Waals surface area (Å²) in [5.74, 6) is 0.262. The third kappa shape index (κ3) is 3.29. The molecule has 0 fully saturated rings. The van der Waals surface area contributed by atoms with E-state index in [4.69, 9.17) is 0 Å². The molecule has 0 spiro atoms. The smallest absolute Gasteiger partial charge is 0.218 e. The Bertz CT molecular complexity index is 302. The van der Waals surface area contributed by atoms with E-state index in [0.717, 1.165) is 0 Å². The molecule has 1 aromatic heterocycles. The van der Waals surface area contributed by atoms with Crippen LogP contribution in [0.1, 0.15) is 0 Å². The van der Waals surface area contributed by atoms with Crippen LogP contribution in [0.4, 0.5) is 0 Å². The second kappa shape index (κ2) is 5.36. The van der Waals surface area contributed by atoms with Gasteiger partial charge in [0.2, 0.25) is 5.16 Å². The van der Waals surface area contributed by atoms with Crippen molar-refractivity contribution in [3.63, 3.8) is 0 Å². The standard InChI is InChI=1S/C7H9N3O2S/c1-12-10-5-6-13(11)7-8-3-2-4-9-7/h2-5H,6H2,1H3. The number of aromatic nitrogens is 2. The van der Waals surface area contributed by atoms with E-state index in [-0.39, 0.29) is 5.75 Å². The van der Waals surface area contributed by atoms with E-state index in [0.29, 0.717) is 5.16 Å². The first-order chi connectivity index (χ1) is 6.34. The van der Waals surface area contributed by atoms with Crippen molar-refractivity contribution in [1.29, 1.82) is 0 Å². The molecule has 13 heavy (non-hydrogen) atoms. The molecule has 0 radical (unpaired) electrons. The van der Waals surface area contributed by atoms with Gasteiger partial charge in [0.25, 0.3) is 0 Å². The minimum Gasteiger partial charge on any atom is -0.399 e. The van der Waals surface area contributed by atoms with Crippen LogP contribution in [0.25, 0.3) is 0 Å². The lowest BCUT2D eigenvalue weighted by Gasteiger charge is -1.94. The minimum absolute atomic E-state index is 0.262. The number of nitrogens with zero attached hydrogens (tertiary/aromatic N) is 3. The average molecular weight is 199 g/mol. The lowest BCUT2D eigenvalue weighted by molar-refractivity contribution is 0.215. The molecule has 1 aromatic rings. The maximum absolute atomic E-state index is 11.4. The van der Waals surface area contributed by atoms with Gasteiger partial charge in [-0.2, -0.15) is 0 Å². The van der Waals surface area contributed by atoms with Gasteiger partial charge in [0, 0.05) is 12.4 Å². The monoisotopic (exact) mass is 199 g/mol. The van der Waals surface area contributed by atoms with E-state index in [9.17, 15) is 4.21 Å². The van der Waals surface area contributed by atoms with Crippen molar-refractivity contribution in [3.8, 4) is 0 Å². The van der Waals surface area contributed by atoms with E-state index in [1.807, 2.05) is 0 Å². The normalized spacial score (nSPS) is 13.0. The average Bonchev–Trinajstić information content (AvgIpc) is 2.19. The summed E-state index contributed by atoms with van der Waals surface area (Å²) in [5, 5.41) is 3.77. The van der Waals surface area contributed by atoms with Gasteiger partial charge in [-0.25, -0.2) is 9.97 Å². The van der Waals surface area contributed by atoms with E-state index >= 15 is 0 Å². The van der Waals surface area contributed by atoms with Crippen LogP contribution in [-0.2, 0) is 15.6 Å². The first kappa shape index (κ1) is 9.79. The second-order valence-corrected chi connectivity index (χ2v) is 3.40. The van der Waals surface area contributed by atoms with Gasteiger partial charge >= 0.3 is 0 Å². The fourth-order valence-corrected chi connectivity index (χ4v) is 1.35. The Morgan fingerprint density at radius 1 is 1.62 bits per heavy atom. The number of oxime groups is 1. The molecule has 0 saturated carbocycles. The summed E-state index contributed by atoms with van der Waals surface area (Å²) in [6, 6.07) is 1.67. The fourth-order valence-electron chi connectivity index (χ4n) is 0.650. The second-order valence-electron chi connectivity index (χ2n) is 2.01. The van der Waals surface area contributed by atoms with E-state index in [2.05, 4.69) is 20.0 Å². The van der Waals surface area contributed by atoms with Crippen LogP contribution in [-0.4, -0.2) is 33.3 Å². The highest BCUT2D eigenvalue weighted by atomic mass is 32.2. The molecule has 1 atom stereocenters. The van der Waals surface area contributed by atoms with Crippen LogP contribution in [0.2, 0.25) is 0 Å². The maximum atomic E-state index is 11.4. The van der Waals surface area contributed by atoms with Crippen molar-refractivity contribution >= 4 is 17.0 Å². The van der Waals surface area contributed by atoms with Crippen LogP contribution in [0, 0.1) is 0 Å². The molecule has 0 amide bonds. The van der Waals surface area contributed by atoms with Gasteiger partial charge in [0.15, 0.2) is 0 Å². The molecule has 0 aliphatic rings. The third-order valence-electron chi connectivity index (χ3n) is 1.15. The summed E-state index contributed by atoms with van der Waals surface area (Å²) in [5.41, 5.74) is 0. The molecule has 1 unspecified atom stereocenters. The highest BCUT2D eigenvalue weighted by molar-refractivity contribution is 7.85. The van der Waals surface area contributed by atoms with Crippen LogP contribution in [0.5, 0.6) is 0 Å². The largest absolute Gasteiger partial charge is 0.399 e. The predicted molar refractivity (Wildman–Crippen MR) is 48.8 cm³/mol. The van der Waals surface area contributed by atoms with E-state index < -0.39 is 10.8 Å². The Kier molecular flexibility index (Phi) is 4.04. The maximum Gasteiger partial charge on any atom is 0.218 e. The van der Waals surface area contributed by atoms with Gasteiger partial charge in [0.1, 0.15) is 7.11 Å². The fraction of sp³-hybridized carbons (Fsp3) is 0.286. The molecule has 0 N–H and O–H groups in total. The molecule has 1 heterocycles. The summed E-state index contributed by atoms with van der Waals surface area (Å²) in [6.45, 7) is 0. The van der Waals surface area contributed by atoms with Crippen molar-refractivity contribution in [2.75, 3.05) is 12.9 Å². The molecule has 0 aliphatic heterocycles. The van der Waals surface area contributed by atoms with E-state index in [1.165, 1.54) is 13.3 Å². The molecular weight excluding hydrogens is 190 g/mol. The van der Waals surface area contributed by atoms with Gasteiger partial charge in [-0.05, 0) is 6.07 Å². The summed E-state index contributed by atoms with van der Waals surface area (Å²) in [6.07, 6.45) is 4.52. The van der Waals surface area contributed by atoms with Crippen LogP contribution >= 0.6 is 0 Å². The lowest BCUT2D eigenvalue weighted by Crippen LogP contribution is -2.03. The zero-order valence-corrected chi connectivity index (χ0v) is 7.90. The molecule has 5 nitrogen and oxygen atoms in total. The molecule has 1 rings (SSSR count). The first-order valence-corrected chi connectivity index (χ1v) is 4.87. The number of hydrogen-bond acceptors (Lipinski definition) is 5. The summed E-state index contributed by atoms with van der Waals surface area (Å²) in [4.78, 5) is 12.1. The van der Waals surface area contributed by atoms with Crippen LogP contribution in [0.3, 0.4) is 0 Å². The van der Waals surface area contributed by atoms with Crippen molar-refractivity contribution < 1.29 is 9.05 Å². The zero-order valence-electron chi connectivity index (χ0n) is 7.08. The summed E-state index contributed by atoms with van der Waals surface area (Å²) < 4.78 is 11.4. The summed E-state index contributed by atoms with van der Waals surface area (Å²) in [7, 11) is 0.193. The van der Waals surface area contributed by atoms with Crippen LogP contribution in [0.15, 0.2) is 28.8 Å². The van der Waals surface area contributed by atoms with Gasteiger partial charge < -0.3 is 4.84 Å². The molecule has 0 aliphatic carbocycles. The molecule has 70 valence electrons. The Hall–Kier alpha value is -1.30. The van der Waals surface area contributed by atoms with Gasteiger partial charge in [0.05, 0.1) is 22.8 Å². The van der Waals surface area contributed by atoms with Crippen molar-refractivity contribution in [2.45, 2.75) is 5.16 Å². The predicted octanol–water partition coefficient (Wildman–Crippen LogP) is 0.216. The van der Waals surface area contributed by atoms with Crippen LogP contribution < -0.4 is 0 Å². The first-order valence-electron chi connectivity index (χ1n) is 3.55. The SMILES string of the molecule is CON=CCS(=O)c1ncccn1. The Morgan fingerprint density at radius 3 is 2.92 bits per heavy atom. The van der Waals surface area contributed by atoms with E-state index in [1.54, 1.807) is 18.5 Å². The van der Waals surface area contributed by atoms with Crippen molar-refractivity contribution in [1.82, 2.24) is 9.97 Å². The molecule has 6 heteroatoms. The molecule has 0 aromatic carbocycles. The lowest BCUT2D eigenvalue weighted by atomic mass is 10.7. The quantitative estimate of drug-likeness (QED) is 0.395. The van der Waals surface area contributed by atoms with Crippen molar-refractivity contribution in [3.05, 3.63) is 18.5 Å². The number of rotatable bonds is 4. The zero-order chi connectivity index (χ0) is 9.52.